The molecule has 2 rings (SSSR count). The Morgan fingerprint density at radius 1 is 1.37 bits per heavy atom. The summed E-state index contributed by atoms with van der Waals surface area (Å²) >= 11 is 0. The first kappa shape index (κ1) is 14.3. The number of anilines is 1. The highest BCUT2D eigenvalue weighted by molar-refractivity contribution is 5.49. The maximum absolute atomic E-state index is 5.88. The summed E-state index contributed by atoms with van der Waals surface area (Å²) in [6, 6.07) is 0. The van der Waals surface area contributed by atoms with Crippen molar-refractivity contribution in [3.8, 4) is 0 Å². The predicted molar refractivity (Wildman–Crippen MR) is 79.2 cm³/mol. The maximum Gasteiger partial charge on any atom is 0.131 e. The number of hydrogen-bond donors (Lipinski definition) is 1. The molecule has 106 valence electrons. The topological polar surface area (TPSA) is 55.0 Å². The van der Waals surface area contributed by atoms with Crippen LogP contribution >= 0.6 is 0 Å². The molecule has 1 aliphatic heterocycles. The lowest BCUT2D eigenvalue weighted by molar-refractivity contribution is 0.521. The Bertz CT molecular complexity index is 417. The molecule has 1 fully saturated rings. The molecular weight excluding hydrogens is 236 g/mol. The fourth-order valence-electron chi connectivity index (χ4n) is 2.62. The minimum atomic E-state index is 0.350. The van der Waals surface area contributed by atoms with Crippen LogP contribution in [-0.4, -0.2) is 23.1 Å². The summed E-state index contributed by atoms with van der Waals surface area (Å²) in [5.41, 5.74) is 8.01. The first-order chi connectivity index (χ1) is 9.11. The SMILES string of the molecule is CC1CCCN(c2cnc(C(C)C)nc2CN)CC1. The molecule has 0 saturated carbocycles. The fourth-order valence-corrected chi connectivity index (χ4v) is 2.62. The van der Waals surface area contributed by atoms with Crippen LogP contribution in [0.5, 0.6) is 0 Å². The van der Waals surface area contributed by atoms with Crippen molar-refractivity contribution < 1.29 is 0 Å². The van der Waals surface area contributed by atoms with Crippen LogP contribution in [0.15, 0.2) is 6.20 Å². The summed E-state index contributed by atoms with van der Waals surface area (Å²) in [5.74, 6) is 2.07. The molecule has 2 heterocycles. The van der Waals surface area contributed by atoms with Crippen molar-refractivity contribution in [1.82, 2.24) is 9.97 Å². The molecule has 2 N–H and O–H groups in total. The zero-order valence-corrected chi connectivity index (χ0v) is 12.4. The highest BCUT2D eigenvalue weighted by Gasteiger charge is 2.18. The molecule has 0 spiro atoms. The molecule has 1 aromatic rings. The van der Waals surface area contributed by atoms with E-state index in [-0.39, 0.29) is 0 Å². The third-order valence-electron chi connectivity index (χ3n) is 3.93. The molecule has 1 atom stereocenters. The van der Waals surface area contributed by atoms with Crippen LogP contribution in [0.4, 0.5) is 5.69 Å². The molecule has 0 amide bonds. The van der Waals surface area contributed by atoms with E-state index in [0.29, 0.717) is 12.5 Å². The minimum Gasteiger partial charge on any atom is -0.369 e. The molecular formula is C15H26N4. The van der Waals surface area contributed by atoms with Crippen molar-refractivity contribution in [2.24, 2.45) is 11.7 Å². The van der Waals surface area contributed by atoms with Gasteiger partial charge in [0.1, 0.15) is 5.82 Å². The van der Waals surface area contributed by atoms with Crippen LogP contribution in [0, 0.1) is 5.92 Å². The van der Waals surface area contributed by atoms with Gasteiger partial charge in [-0.2, -0.15) is 0 Å². The molecule has 0 aromatic carbocycles. The van der Waals surface area contributed by atoms with Gasteiger partial charge in [-0.1, -0.05) is 20.8 Å². The van der Waals surface area contributed by atoms with Gasteiger partial charge >= 0.3 is 0 Å². The van der Waals surface area contributed by atoms with E-state index >= 15 is 0 Å². The van der Waals surface area contributed by atoms with Gasteiger partial charge in [0.2, 0.25) is 0 Å². The molecule has 1 aliphatic rings. The Balaban J connectivity index is 2.23. The van der Waals surface area contributed by atoms with Crippen molar-refractivity contribution in [2.45, 2.75) is 52.5 Å². The van der Waals surface area contributed by atoms with E-state index in [1.165, 1.54) is 19.3 Å². The quantitative estimate of drug-likeness (QED) is 0.910. The Morgan fingerprint density at radius 3 is 2.84 bits per heavy atom. The molecule has 1 saturated heterocycles. The van der Waals surface area contributed by atoms with Crippen LogP contribution in [0.25, 0.3) is 0 Å². The average Bonchev–Trinajstić information content (AvgIpc) is 2.62. The van der Waals surface area contributed by atoms with Crippen molar-refractivity contribution >= 4 is 5.69 Å². The minimum absolute atomic E-state index is 0.350. The largest absolute Gasteiger partial charge is 0.369 e. The molecule has 19 heavy (non-hydrogen) atoms. The second-order valence-corrected chi connectivity index (χ2v) is 5.94. The summed E-state index contributed by atoms with van der Waals surface area (Å²) < 4.78 is 0. The Hall–Kier alpha value is -1.16. The van der Waals surface area contributed by atoms with Crippen LogP contribution in [0.1, 0.15) is 57.5 Å². The summed E-state index contributed by atoms with van der Waals surface area (Å²) in [7, 11) is 0. The maximum atomic E-state index is 5.88. The van der Waals surface area contributed by atoms with E-state index in [0.717, 1.165) is 36.2 Å². The first-order valence-electron chi connectivity index (χ1n) is 7.42. The van der Waals surface area contributed by atoms with Gasteiger partial charge < -0.3 is 10.6 Å². The third kappa shape index (κ3) is 3.44. The van der Waals surface area contributed by atoms with Crippen molar-refractivity contribution in [2.75, 3.05) is 18.0 Å². The Kier molecular flexibility index (Phi) is 4.75. The van der Waals surface area contributed by atoms with Gasteiger partial charge in [0.25, 0.3) is 0 Å². The molecule has 0 aliphatic carbocycles. The number of nitrogens with two attached hydrogens (primary N) is 1. The van der Waals surface area contributed by atoms with Gasteiger partial charge in [-0.3, -0.25) is 0 Å². The van der Waals surface area contributed by atoms with Gasteiger partial charge in [0.05, 0.1) is 17.6 Å². The Labute approximate surface area is 116 Å². The van der Waals surface area contributed by atoms with Gasteiger partial charge in [0.15, 0.2) is 0 Å². The van der Waals surface area contributed by atoms with Crippen molar-refractivity contribution in [1.29, 1.82) is 0 Å². The molecule has 4 heteroatoms. The van der Waals surface area contributed by atoms with Crippen molar-refractivity contribution in [3.05, 3.63) is 17.7 Å². The summed E-state index contributed by atoms with van der Waals surface area (Å²) in [5, 5.41) is 0. The highest BCUT2D eigenvalue weighted by atomic mass is 15.2. The van der Waals surface area contributed by atoms with Gasteiger partial charge in [0, 0.05) is 25.6 Å². The van der Waals surface area contributed by atoms with E-state index in [1.54, 1.807) is 0 Å². The third-order valence-corrected chi connectivity index (χ3v) is 3.93. The van der Waals surface area contributed by atoms with Gasteiger partial charge in [-0.15, -0.1) is 0 Å². The lowest BCUT2D eigenvalue weighted by Gasteiger charge is -2.24. The number of rotatable bonds is 3. The second-order valence-electron chi connectivity index (χ2n) is 5.94. The predicted octanol–water partition coefficient (Wildman–Crippen LogP) is 2.69. The molecule has 1 unspecified atom stereocenters. The van der Waals surface area contributed by atoms with Gasteiger partial charge in [-0.05, 0) is 25.2 Å². The second kappa shape index (κ2) is 6.33. The molecule has 0 radical (unpaired) electrons. The van der Waals surface area contributed by atoms with E-state index in [9.17, 15) is 0 Å². The zero-order chi connectivity index (χ0) is 13.8. The fraction of sp³-hybridized carbons (Fsp3) is 0.733. The van der Waals surface area contributed by atoms with E-state index < -0.39 is 0 Å². The summed E-state index contributed by atoms with van der Waals surface area (Å²) in [4.78, 5) is 11.6. The van der Waals surface area contributed by atoms with Crippen LogP contribution in [0.2, 0.25) is 0 Å². The number of aromatic nitrogens is 2. The van der Waals surface area contributed by atoms with Crippen LogP contribution < -0.4 is 10.6 Å². The summed E-state index contributed by atoms with van der Waals surface area (Å²) in [6.07, 6.45) is 5.78. The van der Waals surface area contributed by atoms with E-state index in [1.807, 2.05) is 6.20 Å². The number of nitrogens with zero attached hydrogens (tertiary/aromatic N) is 3. The Morgan fingerprint density at radius 2 is 2.16 bits per heavy atom. The van der Waals surface area contributed by atoms with Crippen LogP contribution in [0.3, 0.4) is 0 Å². The monoisotopic (exact) mass is 262 g/mol. The van der Waals surface area contributed by atoms with Crippen LogP contribution in [-0.2, 0) is 6.54 Å². The molecule has 1 aromatic heterocycles. The molecule has 4 nitrogen and oxygen atoms in total. The normalized spacial score (nSPS) is 20.7. The van der Waals surface area contributed by atoms with Crippen molar-refractivity contribution in [3.63, 3.8) is 0 Å². The number of hydrogen-bond acceptors (Lipinski definition) is 4. The average molecular weight is 262 g/mol. The molecule has 0 bridgehead atoms. The lowest BCUT2D eigenvalue weighted by Crippen LogP contribution is -2.27. The van der Waals surface area contributed by atoms with Gasteiger partial charge in [-0.25, -0.2) is 9.97 Å². The standard InChI is InChI=1S/C15H26N4/c1-11(2)15-17-10-14(13(9-16)18-15)19-7-4-5-12(3)6-8-19/h10-12H,4-9,16H2,1-3H3. The lowest BCUT2D eigenvalue weighted by atomic mass is 10.0. The zero-order valence-electron chi connectivity index (χ0n) is 12.4. The van der Waals surface area contributed by atoms with E-state index in [2.05, 4.69) is 35.6 Å². The first-order valence-corrected chi connectivity index (χ1v) is 7.42. The smallest absolute Gasteiger partial charge is 0.131 e. The highest BCUT2D eigenvalue weighted by Crippen LogP contribution is 2.25. The van der Waals surface area contributed by atoms with E-state index in [4.69, 9.17) is 5.73 Å². The summed E-state index contributed by atoms with van der Waals surface area (Å²) in [6.45, 7) is 9.25.